The Balaban J connectivity index is 2.07. The number of nitrogens with zero attached hydrogens (tertiary/aromatic N) is 4. The fourth-order valence-corrected chi connectivity index (χ4v) is 2.60. The third-order valence-corrected chi connectivity index (χ3v) is 3.70. The highest BCUT2D eigenvalue weighted by Crippen LogP contribution is 2.36. The van der Waals surface area contributed by atoms with Crippen LogP contribution in [-0.4, -0.2) is 48.5 Å². The van der Waals surface area contributed by atoms with Gasteiger partial charge in [0.15, 0.2) is 11.5 Å². The summed E-state index contributed by atoms with van der Waals surface area (Å²) in [6.07, 6.45) is -0.209. The lowest BCUT2D eigenvalue weighted by atomic mass is 10.0. The predicted molar refractivity (Wildman–Crippen MR) is 70.6 cm³/mol. The summed E-state index contributed by atoms with van der Waals surface area (Å²) in [7, 11) is 0. The van der Waals surface area contributed by atoms with Crippen molar-refractivity contribution in [2.45, 2.75) is 32.3 Å². The maximum absolute atomic E-state index is 10.0. The Hall–Kier alpha value is -1.77. The van der Waals surface area contributed by atoms with Gasteiger partial charge in [0.1, 0.15) is 23.7 Å². The number of aromatic nitrogens is 4. The number of nitrogen functional groups attached to an aromatic ring is 1. The van der Waals surface area contributed by atoms with Crippen LogP contribution in [0.15, 0.2) is 6.33 Å². The Kier molecular flexibility index (Phi) is 3.08. The van der Waals surface area contributed by atoms with Crippen LogP contribution in [0.2, 0.25) is 0 Å². The van der Waals surface area contributed by atoms with E-state index in [1.807, 2.05) is 6.92 Å². The largest absolute Gasteiger partial charge is 0.394 e. The van der Waals surface area contributed by atoms with Crippen LogP contribution in [0.3, 0.4) is 0 Å². The molecule has 108 valence electrons. The van der Waals surface area contributed by atoms with Crippen LogP contribution >= 0.6 is 0 Å². The molecule has 0 saturated carbocycles. The molecule has 1 fully saturated rings. The zero-order valence-electron chi connectivity index (χ0n) is 11.3. The fraction of sp³-hybridized carbons (Fsp3) is 0.583. The first-order chi connectivity index (χ1) is 9.52. The molecule has 8 heteroatoms. The lowest BCUT2D eigenvalue weighted by Gasteiger charge is -2.17. The molecule has 1 aliphatic rings. The molecular weight excluding hydrogens is 262 g/mol. The first-order valence-corrected chi connectivity index (χ1v) is 6.44. The van der Waals surface area contributed by atoms with Crippen molar-refractivity contribution in [3.8, 4) is 0 Å². The molecule has 4 atom stereocenters. The quantitative estimate of drug-likeness (QED) is 0.684. The van der Waals surface area contributed by atoms with Crippen molar-refractivity contribution in [2.75, 3.05) is 12.3 Å². The van der Waals surface area contributed by atoms with Crippen molar-refractivity contribution in [3.05, 3.63) is 12.2 Å². The van der Waals surface area contributed by atoms with Crippen LogP contribution in [0, 0.1) is 12.8 Å². The highest BCUT2D eigenvalue weighted by molar-refractivity contribution is 5.81. The van der Waals surface area contributed by atoms with Gasteiger partial charge in [0.05, 0.1) is 19.0 Å². The Morgan fingerprint density at radius 3 is 2.85 bits per heavy atom. The van der Waals surface area contributed by atoms with Gasteiger partial charge in [0.2, 0.25) is 0 Å². The van der Waals surface area contributed by atoms with Crippen molar-refractivity contribution >= 4 is 17.0 Å². The summed E-state index contributed by atoms with van der Waals surface area (Å²) in [6, 6.07) is 0. The van der Waals surface area contributed by atoms with Crippen LogP contribution in [0.4, 0.5) is 5.82 Å². The lowest BCUT2D eigenvalue weighted by Crippen LogP contribution is -2.28. The molecule has 0 spiro atoms. The Morgan fingerprint density at radius 1 is 1.45 bits per heavy atom. The standard InChI is InChI=1S/C12H17N5O3/c1-5-9(19)7(3-18)20-12(5)17-4-14-8-10(13)15-6(2)16-11(8)17/h4-5,7,9,12,18-19H,3H2,1-2H3,(H2,13,15,16). The van der Waals surface area contributed by atoms with Gasteiger partial charge in [-0.3, -0.25) is 4.57 Å². The van der Waals surface area contributed by atoms with Gasteiger partial charge >= 0.3 is 0 Å². The summed E-state index contributed by atoms with van der Waals surface area (Å²) in [5, 5.41) is 19.2. The van der Waals surface area contributed by atoms with E-state index in [0.717, 1.165) is 0 Å². The van der Waals surface area contributed by atoms with Crippen molar-refractivity contribution in [1.29, 1.82) is 0 Å². The number of ether oxygens (including phenoxy) is 1. The van der Waals surface area contributed by atoms with Crippen LogP contribution < -0.4 is 5.73 Å². The van der Waals surface area contributed by atoms with E-state index in [4.69, 9.17) is 10.5 Å². The first-order valence-electron chi connectivity index (χ1n) is 6.44. The van der Waals surface area contributed by atoms with Gasteiger partial charge in [-0.15, -0.1) is 0 Å². The number of aryl methyl sites for hydroxylation is 1. The average molecular weight is 279 g/mol. The number of aliphatic hydroxyl groups is 2. The third-order valence-electron chi connectivity index (χ3n) is 3.70. The van der Waals surface area contributed by atoms with Crippen LogP contribution in [0.5, 0.6) is 0 Å². The zero-order valence-corrected chi connectivity index (χ0v) is 11.3. The molecule has 4 unspecified atom stereocenters. The number of nitrogens with two attached hydrogens (primary N) is 1. The minimum absolute atomic E-state index is 0.193. The molecule has 2 aromatic heterocycles. The van der Waals surface area contributed by atoms with Crippen LogP contribution in [0.1, 0.15) is 19.0 Å². The smallest absolute Gasteiger partial charge is 0.167 e. The number of hydrogen-bond acceptors (Lipinski definition) is 7. The third kappa shape index (κ3) is 1.84. The van der Waals surface area contributed by atoms with Crippen molar-refractivity contribution in [1.82, 2.24) is 19.5 Å². The molecule has 20 heavy (non-hydrogen) atoms. The van der Waals surface area contributed by atoms with Crippen molar-refractivity contribution in [2.24, 2.45) is 5.92 Å². The number of aliphatic hydroxyl groups excluding tert-OH is 2. The first kappa shape index (κ1) is 13.2. The van der Waals surface area contributed by atoms with Gasteiger partial charge < -0.3 is 20.7 Å². The van der Waals surface area contributed by atoms with Gasteiger partial charge in [0, 0.05) is 5.92 Å². The summed E-state index contributed by atoms with van der Waals surface area (Å²) >= 11 is 0. The molecule has 0 aliphatic carbocycles. The van der Waals surface area contributed by atoms with E-state index in [1.165, 1.54) is 0 Å². The van der Waals surface area contributed by atoms with E-state index in [0.29, 0.717) is 22.8 Å². The Labute approximate surface area is 115 Å². The van der Waals surface area contributed by atoms with E-state index >= 15 is 0 Å². The second kappa shape index (κ2) is 4.65. The van der Waals surface area contributed by atoms with Crippen molar-refractivity contribution in [3.63, 3.8) is 0 Å². The summed E-state index contributed by atoms with van der Waals surface area (Å²) < 4.78 is 7.42. The zero-order chi connectivity index (χ0) is 14.4. The van der Waals surface area contributed by atoms with Crippen LogP contribution in [-0.2, 0) is 4.74 Å². The van der Waals surface area contributed by atoms with Gasteiger partial charge in [-0.2, -0.15) is 0 Å². The monoisotopic (exact) mass is 279 g/mol. The fourth-order valence-electron chi connectivity index (χ4n) is 2.60. The Bertz CT molecular complexity index is 643. The second-order valence-electron chi connectivity index (χ2n) is 5.08. The second-order valence-corrected chi connectivity index (χ2v) is 5.08. The molecule has 1 saturated heterocycles. The van der Waals surface area contributed by atoms with Gasteiger partial charge in [-0.05, 0) is 6.92 Å². The van der Waals surface area contributed by atoms with E-state index in [2.05, 4.69) is 15.0 Å². The van der Waals surface area contributed by atoms with E-state index in [1.54, 1.807) is 17.8 Å². The maximum atomic E-state index is 10.0. The summed E-state index contributed by atoms with van der Waals surface area (Å²) in [5.74, 6) is 0.666. The molecule has 4 N–H and O–H groups in total. The topological polar surface area (TPSA) is 119 Å². The summed E-state index contributed by atoms with van der Waals surface area (Å²) in [6.45, 7) is 3.37. The number of imidazole rings is 1. The normalized spacial score (nSPS) is 30.2. The highest BCUT2D eigenvalue weighted by Gasteiger charge is 2.42. The lowest BCUT2D eigenvalue weighted by molar-refractivity contribution is -0.0447. The maximum Gasteiger partial charge on any atom is 0.167 e. The molecule has 0 aromatic carbocycles. The number of anilines is 1. The van der Waals surface area contributed by atoms with Gasteiger partial charge in [-0.1, -0.05) is 6.92 Å². The van der Waals surface area contributed by atoms with E-state index < -0.39 is 18.4 Å². The minimum Gasteiger partial charge on any atom is -0.394 e. The molecule has 0 bridgehead atoms. The molecule has 0 radical (unpaired) electrons. The summed E-state index contributed by atoms with van der Waals surface area (Å²) in [5.41, 5.74) is 6.90. The van der Waals surface area contributed by atoms with Gasteiger partial charge in [0.25, 0.3) is 0 Å². The van der Waals surface area contributed by atoms with Crippen molar-refractivity contribution < 1.29 is 14.9 Å². The molecular formula is C12H17N5O3. The summed E-state index contributed by atoms with van der Waals surface area (Å²) in [4.78, 5) is 12.6. The molecule has 3 rings (SSSR count). The minimum atomic E-state index is -0.734. The Morgan fingerprint density at radius 2 is 2.20 bits per heavy atom. The number of hydrogen-bond donors (Lipinski definition) is 3. The number of rotatable bonds is 2. The van der Waals surface area contributed by atoms with E-state index in [9.17, 15) is 10.2 Å². The molecule has 0 amide bonds. The molecule has 2 aromatic rings. The van der Waals surface area contributed by atoms with Gasteiger partial charge in [-0.25, -0.2) is 15.0 Å². The van der Waals surface area contributed by atoms with E-state index in [-0.39, 0.29) is 12.5 Å². The SMILES string of the molecule is Cc1nc(N)c2ncn(C3OC(CO)C(O)C3C)c2n1. The average Bonchev–Trinajstić information content (AvgIpc) is 2.93. The molecule has 3 heterocycles. The highest BCUT2D eigenvalue weighted by atomic mass is 16.5. The molecule has 1 aliphatic heterocycles. The van der Waals surface area contributed by atoms with Crippen LogP contribution in [0.25, 0.3) is 11.2 Å². The number of fused-ring (bicyclic) bond motifs is 1. The predicted octanol–water partition coefficient (Wildman–Crippen LogP) is -0.396. The molecule has 8 nitrogen and oxygen atoms in total.